The third-order valence-corrected chi connectivity index (χ3v) is 7.53. The Balaban J connectivity index is 1.87. The number of nitrogens with one attached hydrogen (secondary N) is 1. The molecular weight excluding hydrogens is 556 g/mol. The van der Waals surface area contributed by atoms with Gasteiger partial charge in [-0.2, -0.15) is 5.10 Å². The summed E-state index contributed by atoms with van der Waals surface area (Å²) in [6, 6.07) is 18.0. The van der Waals surface area contributed by atoms with Gasteiger partial charge in [-0.25, -0.2) is 13.8 Å². The summed E-state index contributed by atoms with van der Waals surface area (Å²) in [4.78, 5) is 14.7. The van der Waals surface area contributed by atoms with Crippen LogP contribution in [0, 0.1) is 0 Å². The van der Waals surface area contributed by atoms with Gasteiger partial charge < -0.3 is 9.64 Å². The Morgan fingerprint density at radius 3 is 2.43 bits per heavy atom. The first kappa shape index (κ1) is 26.5. The van der Waals surface area contributed by atoms with Crippen LogP contribution in [0.25, 0.3) is 0 Å². The lowest BCUT2D eigenvalue weighted by Gasteiger charge is -2.25. The highest BCUT2D eigenvalue weighted by Gasteiger charge is 2.29. The largest absolute Gasteiger partial charge is 0.495 e. The Hall–Kier alpha value is -3.08. The number of sulfonamides is 1. The lowest BCUT2D eigenvalue weighted by molar-refractivity contribution is -0.119. The highest BCUT2D eigenvalue weighted by atomic mass is 79.9. The van der Waals surface area contributed by atoms with Crippen LogP contribution in [0.3, 0.4) is 0 Å². The zero-order valence-corrected chi connectivity index (χ0v) is 22.4. The molecule has 0 saturated carbocycles. The van der Waals surface area contributed by atoms with Gasteiger partial charge in [0.25, 0.3) is 15.9 Å². The Kier molecular flexibility index (Phi) is 8.76. The normalized spacial score (nSPS) is 11.3. The molecule has 3 aromatic carbocycles. The standard InChI is InChI=1S/C24H24BrClN4O4S/c1-29(2)21-11-9-17(13-20(21)25)15-27-28-24(31)16-30(22-14-18(26)10-12-23(22)34-3)35(32,33)19-7-5-4-6-8-19/h4-15H,16H2,1-3H3,(H,28,31)/b27-15+. The maximum absolute atomic E-state index is 13.5. The smallest absolute Gasteiger partial charge is 0.264 e. The van der Waals surface area contributed by atoms with Gasteiger partial charge in [0.1, 0.15) is 12.3 Å². The number of rotatable bonds is 9. The van der Waals surface area contributed by atoms with E-state index < -0.39 is 22.5 Å². The van der Waals surface area contributed by atoms with E-state index >= 15 is 0 Å². The zero-order chi connectivity index (χ0) is 25.6. The van der Waals surface area contributed by atoms with E-state index in [-0.39, 0.29) is 16.3 Å². The first-order chi connectivity index (χ1) is 16.6. The fourth-order valence-electron chi connectivity index (χ4n) is 3.19. The van der Waals surface area contributed by atoms with Crippen molar-refractivity contribution in [1.82, 2.24) is 5.43 Å². The summed E-state index contributed by atoms with van der Waals surface area (Å²) < 4.78 is 34.1. The van der Waals surface area contributed by atoms with Crippen LogP contribution in [0.15, 0.2) is 81.2 Å². The van der Waals surface area contributed by atoms with E-state index in [2.05, 4.69) is 26.5 Å². The van der Waals surface area contributed by atoms with Crippen LogP contribution in [0.5, 0.6) is 5.75 Å². The minimum atomic E-state index is -4.12. The lowest BCUT2D eigenvalue weighted by atomic mass is 10.2. The number of hydrazone groups is 1. The summed E-state index contributed by atoms with van der Waals surface area (Å²) in [7, 11) is 1.14. The molecule has 0 spiro atoms. The number of hydrogen-bond donors (Lipinski definition) is 1. The number of amides is 1. The first-order valence-corrected chi connectivity index (χ1v) is 12.9. The number of anilines is 2. The number of benzene rings is 3. The first-order valence-electron chi connectivity index (χ1n) is 10.3. The van der Waals surface area contributed by atoms with Crippen LogP contribution in [-0.4, -0.2) is 48.3 Å². The molecule has 0 atom stereocenters. The minimum Gasteiger partial charge on any atom is -0.495 e. The van der Waals surface area contributed by atoms with Crippen molar-refractivity contribution in [3.05, 3.63) is 81.8 Å². The van der Waals surface area contributed by atoms with Gasteiger partial charge in [-0.05, 0) is 64.0 Å². The lowest BCUT2D eigenvalue weighted by Crippen LogP contribution is -2.39. The molecule has 0 unspecified atom stereocenters. The highest BCUT2D eigenvalue weighted by molar-refractivity contribution is 9.10. The van der Waals surface area contributed by atoms with Crippen LogP contribution in [-0.2, 0) is 14.8 Å². The number of ether oxygens (including phenoxy) is 1. The van der Waals surface area contributed by atoms with Crippen LogP contribution >= 0.6 is 27.5 Å². The van der Waals surface area contributed by atoms with Crippen molar-refractivity contribution < 1.29 is 17.9 Å². The number of carbonyl (C=O) groups is 1. The van der Waals surface area contributed by atoms with E-state index in [1.807, 2.05) is 37.2 Å². The molecule has 8 nitrogen and oxygen atoms in total. The quantitative estimate of drug-likeness (QED) is 0.297. The second kappa shape index (κ2) is 11.6. The van der Waals surface area contributed by atoms with E-state index in [9.17, 15) is 13.2 Å². The molecular formula is C24H24BrClN4O4S. The van der Waals surface area contributed by atoms with Crippen LogP contribution in [0.1, 0.15) is 5.56 Å². The molecule has 3 aromatic rings. The molecule has 1 N–H and O–H groups in total. The highest BCUT2D eigenvalue weighted by Crippen LogP contribution is 2.34. The molecule has 35 heavy (non-hydrogen) atoms. The van der Waals surface area contributed by atoms with Gasteiger partial charge >= 0.3 is 0 Å². The molecule has 1 amide bonds. The van der Waals surface area contributed by atoms with Crippen LogP contribution in [0.2, 0.25) is 5.02 Å². The van der Waals surface area contributed by atoms with Crippen molar-refractivity contribution in [2.45, 2.75) is 4.90 Å². The van der Waals surface area contributed by atoms with E-state index in [1.54, 1.807) is 24.3 Å². The van der Waals surface area contributed by atoms with Gasteiger partial charge in [0.2, 0.25) is 0 Å². The van der Waals surface area contributed by atoms with Gasteiger partial charge in [-0.3, -0.25) is 9.10 Å². The van der Waals surface area contributed by atoms with Crippen molar-refractivity contribution in [2.75, 3.05) is 37.0 Å². The predicted octanol–water partition coefficient (Wildman–Crippen LogP) is 4.52. The number of carbonyl (C=O) groups excluding carboxylic acids is 1. The molecule has 0 aliphatic heterocycles. The van der Waals surface area contributed by atoms with Crippen molar-refractivity contribution in [1.29, 1.82) is 0 Å². The summed E-state index contributed by atoms with van der Waals surface area (Å²) in [6.45, 7) is -0.547. The molecule has 0 heterocycles. The van der Waals surface area contributed by atoms with Crippen molar-refractivity contribution in [2.24, 2.45) is 5.10 Å². The molecule has 0 radical (unpaired) electrons. The number of halogens is 2. The predicted molar refractivity (Wildman–Crippen MR) is 143 cm³/mol. The number of methoxy groups -OCH3 is 1. The Morgan fingerprint density at radius 1 is 1.09 bits per heavy atom. The SMILES string of the molecule is COc1ccc(Cl)cc1N(CC(=O)N/N=C/c1ccc(N(C)C)c(Br)c1)S(=O)(=O)c1ccccc1. The summed E-state index contributed by atoms with van der Waals surface area (Å²) in [5, 5.41) is 4.27. The van der Waals surface area contributed by atoms with Crippen LogP contribution < -0.4 is 19.4 Å². The van der Waals surface area contributed by atoms with Crippen LogP contribution in [0.4, 0.5) is 11.4 Å². The second-order valence-corrected chi connectivity index (χ2v) is 10.7. The summed E-state index contributed by atoms with van der Waals surface area (Å²) >= 11 is 9.64. The third-order valence-electron chi connectivity index (χ3n) is 4.88. The second-order valence-electron chi connectivity index (χ2n) is 7.54. The van der Waals surface area contributed by atoms with E-state index in [0.29, 0.717) is 5.02 Å². The molecule has 0 aliphatic rings. The van der Waals surface area contributed by atoms with E-state index in [4.69, 9.17) is 16.3 Å². The minimum absolute atomic E-state index is 0.0177. The Bertz CT molecular complexity index is 1330. The maximum Gasteiger partial charge on any atom is 0.264 e. The summed E-state index contributed by atoms with van der Waals surface area (Å²) in [5.41, 5.74) is 4.25. The molecule has 3 rings (SSSR count). The average molecular weight is 580 g/mol. The number of hydrogen-bond acceptors (Lipinski definition) is 6. The van der Waals surface area contributed by atoms with Gasteiger partial charge in [0.15, 0.2) is 0 Å². The molecule has 0 aromatic heterocycles. The number of nitrogens with zero attached hydrogens (tertiary/aromatic N) is 3. The third kappa shape index (κ3) is 6.53. The van der Waals surface area contributed by atoms with Crippen molar-refractivity contribution in [3.63, 3.8) is 0 Å². The molecule has 0 saturated heterocycles. The topological polar surface area (TPSA) is 91.3 Å². The summed E-state index contributed by atoms with van der Waals surface area (Å²) in [6.07, 6.45) is 1.47. The molecule has 0 bridgehead atoms. The summed E-state index contributed by atoms with van der Waals surface area (Å²) in [5.74, 6) is -0.400. The maximum atomic E-state index is 13.5. The van der Waals surface area contributed by atoms with E-state index in [1.165, 1.54) is 37.6 Å². The van der Waals surface area contributed by atoms with Gasteiger partial charge in [0, 0.05) is 23.6 Å². The molecule has 0 fully saturated rings. The van der Waals surface area contributed by atoms with Crippen molar-refractivity contribution in [3.8, 4) is 5.75 Å². The molecule has 0 aliphatic carbocycles. The van der Waals surface area contributed by atoms with Gasteiger partial charge in [0.05, 0.1) is 29.6 Å². The van der Waals surface area contributed by atoms with E-state index in [0.717, 1.165) is 20.0 Å². The molecule has 11 heteroatoms. The Labute approximate surface area is 218 Å². The van der Waals surface area contributed by atoms with Gasteiger partial charge in [-0.1, -0.05) is 35.9 Å². The molecule has 184 valence electrons. The Morgan fingerprint density at radius 2 is 1.80 bits per heavy atom. The van der Waals surface area contributed by atoms with Crippen molar-refractivity contribution >= 4 is 61.1 Å². The fourth-order valence-corrected chi connectivity index (χ4v) is 5.55. The monoisotopic (exact) mass is 578 g/mol. The van der Waals surface area contributed by atoms with Gasteiger partial charge in [-0.15, -0.1) is 0 Å². The fraction of sp³-hybridized carbons (Fsp3) is 0.167. The average Bonchev–Trinajstić information content (AvgIpc) is 2.83. The zero-order valence-electron chi connectivity index (χ0n) is 19.3.